The Hall–Kier alpha value is -9.18. The monoisotopic (exact) mass is 892 g/mol. The third-order valence-corrected chi connectivity index (χ3v) is 14.6. The van der Waals surface area contributed by atoms with Gasteiger partial charge >= 0.3 is 0 Å². The molecule has 0 radical (unpaired) electrons. The van der Waals surface area contributed by atoms with E-state index in [4.69, 9.17) is 4.42 Å². The molecule has 1 aliphatic carbocycles. The highest BCUT2D eigenvalue weighted by Crippen LogP contribution is 2.60. The molecule has 0 saturated heterocycles. The number of aromatic nitrogens is 1. The van der Waals surface area contributed by atoms with E-state index >= 15 is 0 Å². The molecule has 0 amide bonds. The average Bonchev–Trinajstić information content (AvgIpc) is 4.08. The molecule has 0 saturated carbocycles. The number of furan rings is 1. The summed E-state index contributed by atoms with van der Waals surface area (Å²) in [5.41, 5.74) is 19.9. The summed E-state index contributed by atoms with van der Waals surface area (Å²) in [6.07, 6.45) is 0. The van der Waals surface area contributed by atoms with E-state index in [-0.39, 0.29) is 0 Å². The highest BCUT2D eigenvalue weighted by atomic mass is 16.3. The van der Waals surface area contributed by atoms with E-state index in [1.807, 2.05) is 0 Å². The Kier molecular flexibility index (Phi) is 9.11. The summed E-state index contributed by atoms with van der Waals surface area (Å²) >= 11 is 0. The van der Waals surface area contributed by atoms with Crippen LogP contribution in [-0.2, 0) is 5.41 Å². The van der Waals surface area contributed by atoms with Crippen molar-refractivity contribution in [3.8, 4) is 39.1 Å². The van der Waals surface area contributed by atoms with Gasteiger partial charge in [-0.2, -0.15) is 0 Å². The molecule has 2 aromatic heterocycles. The largest absolute Gasteiger partial charge is 0.456 e. The van der Waals surface area contributed by atoms with Crippen molar-refractivity contribution in [3.63, 3.8) is 0 Å². The van der Waals surface area contributed by atoms with Gasteiger partial charge in [-0.1, -0.05) is 212 Å². The average molecular weight is 893 g/mol. The molecule has 1 aliphatic rings. The number of anilines is 3. The minimum Gasteiger partial charge on any atom is -0.456 e. The predicted octanol–water partition coefficient (Wildman–Crippen LogP) is 17.8. The Balaban J connectivity index is 1.06. The molecule has 11 aromatic carbocycles. The van der Waals surface area contributed by atoms with Crippen molar-refractivity contribution in [3.05, 3.63) is 289 Å². The Bertz CT molecular complexity index is 4040. The van der Waals surface area contributed by atoms with Gasteiger partial charge < -0.3 is 13.9 Å². The molecular weight excluding hydrogens is 849 g/mol. The van der Waals surface area contributed by atoms with Gasteiger partial charge in [0.15, 0.2) is 0 Å². The normalized spacial score (nSPS) is 12.7. The Morgan fingerprint density at radius 2 is 0.943 bits per heavy atom. The van der Waals surface area contributed by atoms with Crippen LogP contribution in [0.1, 0.15) is 22.3 Å². The summed E-state index contributed by atoms with van der Waals surface area (Å²) in [5, 5.41) is 4.58. The van der Waals surface area contributed by atoms with Crippen LogP contribution in [0.2, 0.25) is 0 Å². The molecule has 3 heteroatoms. The van der Waals surface area contributed by atoms with Crippen molar-refractivity contribution in [1.82, 2.24) is 4.57 Å². The third-order valence-electron chi connectivity index (χ3n) is 14.6. The molecule has 0 spiro atoms. The van der Waals surface area contributed by atoms with E-state index < -0.39 is 5.41 Å². The second-order valence-electron chi connectivity index (χ2n) is 18.3. The van der Waals surface area contributed by atoms with E-state index in [0.29, 0.717) is 0 Å². The smallest absolute Gasteiger partial charge is 0.138 e. The first kappa shape index (κ1) is 39.9. The fraction of sp³-hybridized carbons (Fsp3) is 0.0149. The van der Waals surface area contributed by atoms with Gasteiger partial charge in [0.25, 0.3) is 0 Å². The van der Waals surface area contributed by atoms with Gasteiger partial charge in [-0.15, -0.1) is 0 Å². The molecule has 3 nitrogen and oxygen atoms in total. The van der Waals surface area contributed by atoms with Gasteiger partial charge in [-0.05, 0) is 93.0 Å². The second-order valence-corrected chi connectivity index (χ2v) is 18.3. The van der Waals surface area contributed by atoms with Crippen LogP contribution in [0.25, 0.3) is 82.8 Å². The summed E-state index contributed by atoms with van der Waals surface area (Å²) in [4.78, 5) is 2.47. The minimum atomic E-state index is -0.534. The maximum atomic E-state index is 6.81. The van der Waals surface area contributed by atoms with Crippen molar-refractivity contribution in [2.75, 3.05) is 4.90 Å². The predicted molar refractivity (Wildman–Crippen MR) is 291 cm³/mol. The van der Waals surface area contributed by atoms with E-state index in [9.17, 15) is 0 Å². The van der Waals surface area contributed by atoms with Crippen LogP contribution in [-0.4, -0.2) is 4.57 Å². The first-order valence-electron chi connectivity index (χ1n) is 24.1. The maximum absolute atomic E-state index is 6.81. The highest BCUT2D eigenvalue weighted by molar-refractivity contribution is 6.27. The summed E-state index contributed by atoms with van der Waals surface area (Å²) in [6, 6.07) is 97.2. The number of rotatable bonds is 8. The fourth-order valence-corrected chi connectivity index (χ4v) is 11.8. The molecule has 328 valence electrons. The zero-order valence-corrected chi connectivity index (χ0v) is 38.2. The molecular formula is C67H44N2O. The molecule has 14 rings (SSSR count). The van der Waals surface area contributed by atoms with E-state index in [0.717, 1.165) is 61.3 Å². The maximum Gasteiger partial charge on any atom is 0.138 e. The number of para-hydroxylation sites is 3. The second kappa shape index (κ2) is 16.0. The number of hydrogen-bond donors (Lipinski definition) is 0. The van der Waals surface area contributed by atoms with Gasteiger partial charge in [0, 0.05) is 55.8 Å². The summed E-state index contributed by atoms with van der Waals surface area (Å²) < 4.78 is 9.25. The Morgan fingerprint density at radius 1 is 0.357 bits per heavy atom. The molecule has 0 aliphatic heterocycles. The SMILES string of the molecule is c1ccc(-c2ccc(-c3c4c(cc5c3c3ccc(N(c6ccccc6)c6cccc7c6-c6ccccc6C7(c6ccccc6)c6ccccc6)cc3n5-c3ccccc3)oc3ccccc34)cc2)cc1. The lowest BCUT2D eigenvalue weighted by Crippen LogP contribution is -2.28. The zero-order chi connectivity index (χ0) is 46.2. The topological polar surface area (TPSA) is 21.3 Å². The van der Waals surface area contributed by atoms with Crippen LogP contribution in [0.4, 0.5) is 17.1 Å². The van der Waals surface area contributed by atoms with E-state index in [1.54, 1.807) is 0 Å². The molecule has 0 atom stereocenters. The van der Waals surface area contributed by atoms with Crippen molar-refractivity contribution in [1.29, 1.82) is 0 Å². The minimum absolute atomic E-state index is 0.534. The first-order valence-corrected chi connectivity index (χ1v) is 24.1. The Morgan fingerprint density at radius 3 is 1.67 bits per heavy atom. The van der Waals surface area contributed by atoms with Crippen molar-refractivity contribution in [2.45, 2.75) is 5.41 Å². The summed E-state index contributed by atoms with van der Waals surface area (Å²) in [7, 11) is 0. The van der Waals surface area contributed by atoms with E-state index in [2.05, 4.69) is 276 Å². The molecule has 0 N–H and O–H groups in total. The number of fused-ring (bicyclic) bond motifs is 9. The van der Waals surface area contributed by atoms with Crippen molar-refractivity contribution >= 4 is 60.8 Å². The van der Waals surface area contributed by atoms with Crippen molar-refractivity contribution < 1.29 is 4.42 Å². The highest BCUT2D eigenvalue weighted by Gasteiger charge is 2.47. The number of hydrogen-bond acceptors (Lipinski definition) is 2. The van der Waals surface area contributed by atoms with Crippen molar-refractivity contribution in [2.24, 2.45) is 0 Å². The lowest BCUT2D eigenvalue weighted by molar-refractivity contribution is 0.669. The quantitative estimate of drug-likeness (QED) is 0.152. The number of nitrogens with zero attached hydrogens (tertiary/aromatic N) is 2. The molecule has 0 bridgehead atoms. The summed E-state index contributed by atoms with van der Waals surface area (Å²) in [5.74, 6) is 0. The van der Waals surface area contributed by atoms with Crippen LogP contribution in [0, 0.1) is 0 Å². The molecule has 2 heterocycles. The van der Waals surface area contributed by atoms with Crippen LogP contribution in [0.3, 0.4) is 0 Å². The van der Waals surface area contributed by atoms with Gasteiger partial charge in [-0.3, -0.25) is 0 Å². The molecule has 13 aromatic rings. The number of benzene rings is 11. The first-order chi connectivity index (χ1) is 34.8. The Labute approximate surface area is 406 Å². The fourth-order valence-electron chi connectivity index (χ4n) is 11.8. The molecule has 0 fully saturated rings. The van der Waals surface area contributed by atoms with Gasteiger partial charge in [0.1, 0.15) is 11.2 Å². The molecule has 70 heavy (non-hydrogen) atoms. The molecule has 0 unspecified atom stereocenters. The third kappa shape index (κ3) is 5.95. The zero-order valence-electron chi connectivity index (χ0n) is 38.2. The van der Waals surface area contributed by atoms with Crippen LogP contribution in [0.5, 0.6) is 0 Å². The standard InChI is InChI=1S/C67H44N2O/c1-6-21-45(22-7-1)46-37-39-47(40-38-46)63-65-54-42-41-52(43-59(54)69(51-29-14-5-15-30-51)60(65)44-62-66(63)55-32-17-19-36-61(55)70-62)68(50-27-12-4-13-28-50)58-35-20-34-57-64(58)53-31-16-18-33-56(53)67(57,48-23-8-2-9-24-48)49-25-10-3-11-26-49/h1-44H. The van der Waals surface area contributed by atoms with Gasteiger partial charge in [0.05, 0.1) is 22.1 Å². The van der Waals surface area contributed by atoms with Gasteiger partial charge in [0.2, 0.25) is 0 Å². The van der Waals surface area contributed by atoms with Gasteiger partial charge in [-0.25, -0.2) is 0 Å². The lowest BCUT2D eigenvalue weighted by Gasteiger charge is -2.34. The van der Waals surface area contributed by atoms with Crippen LogP contribution < -0.4 is 4.90 Å². The summed E-state index contributed by atoms with van der Waals surface area (Å²) in [6.45, 7) is 0. The van der Waals surface area contributed by atoms with Crippen LogP contribution in [0.15, 0.2) is 271 Å². The van der Waals surface area contributed by atoms with Crippen LogP contribution >= 0.6 is 0 Å². The van der Waals surface area contributed by atoms with E-state index in [1.165, 1.54) is 60.8 Å². The lowest BCUT2D eigenvalue weighted by atomic mass is 9.68.